The number of hydrogen-bond acceptors (Lipinski definition) is 4. The van der Waals surface area contributed by atoms with E-state index in [0.29, 0.717) is 18.0 Å². The van der Waals surface area contributed by atoms with Crippen molar-refractivity contribution >= 4 is 17.2 Å². The summed E-state index contributed by atoms with van der Waals surface area (Å²) in [6, 6.07) is 1.24. The Hall–Kier alpha value is -0.940. The van der Waals surface area contributed by atoms with Gasteiger partial charge < -0.3 is 4.90 Å². The van der Waals surface area contributed by atoms with Gasteiger partial charge in [-0.15, -0.1) is 11.3 Å². The summed E-state index contributed by atoms with van der Waals surface area (Å²) in [6.45, 7) is 11.5. The first-order valence-electron chi connectivity index (χ1n) is 8.49. The average Bonchev–Trinajstić information content (AvgIpc) is 2.81. The summed E-state index contributed by atoms with van der Waals surface area (Å²) in [6.07, 6.45) is 3.96. The minimum atomic E-state index is 0.183. The fraction of sp³-hybridized carbons (Fsp3) is 0.765. The minimum absolute atomic E-state index is 0.183. The van der Waals surface area contributed by atoms with Gasteiger partial charge in [-0.25, -0.2) is 4.98 Å². The molecule has 2 fully saturated rings. The van der Waals surface area contributed by atoms with E-state index in [9.17, 15) is 4.79 Å². The van der Waals surface area contributed by atoms with Crippen molar-refractivity contribution in [3.63, 3.8) is 0 Å². The highest BCUT2D eigenvalue weighted by molar-refractivity contribution is 7.13. The summed E-state index contributed by atoms with van der Waals surface area (Å²) >= 11 is 1.57. The van der Waals surface area contributed by atoms with Gasteiger partial charge in [0.05, 0.1) is 10.7 Å². The molecule has 0 saturated carbocycles. The number of thiazole rings is 1. The molecule has 2 aliphatic rings. The summed E-state index contributed by atoms with van der Waals surface area (Å²) in [4.78, 5) is 22.7. The molecule has 1 atom stereocenters. The Labute approximate surface area is 137 Å². The van der Waals surface area contributed by atoms with Crippen LogP contribution in [0.15, 0.2) is 0 Å². The zero-order valence-corrected chi connectivity index (χ0v) is 14.9. The molecular formula is C17H27N3OS. The second-order valence-electron chi connectivity index (χ2n) is 7.07. The minimum Gasteiger partial charge on any atom is -0.335 e. The summed E-state index contributed by atoms with van der Waals surface area (Å²) in [5.41, 5.74) is 0.897. The van der Waals surface area contributed by atoms with E-state index < -0.39 is 0 Å². The summed E-state index contributed by atoms with van der Waals surface area (Å²) in [5.74, 6) is 0.575. The first-order valence-corrected chi connectivity index (χ1v) is 9.31. The van der Waals surface area contributed by atoms with Gasteiger partial charge in [0, 0.05) is 31.1 Å². The number of hydrogen-bond donors (Lipinski definition) is 0. The van der Waals surface area contributed by atoms with Gasteiger partial charge in [-0.1, -0.05) is 20.3 Å². The van der Waals surface area contributed by atoms with Gasteiger partial charge >= 0.3 is 0 Å². The third-order valence-corrected chi connectivity index (χ3v) is 6.42. The SMILES string of the molecule is Cc1nc(C(C)C)sc1C(=O)N1CC(N2CCCC[C@H]2C)C1. The molecule has 3 rings (SSSR count). The first kappa shape index (κ1) is 15.9. The molecule has 0 bridgehead atoms. The van der Waals surface area contributed by atoms with Crippen LogP contribution in [0.4, 0.5) is 0 Å². The highest BCUT2D eigenvalue weighted by Gasteiger charge is 2.38. The lowest BCUT2D eigenvalue weighted by Gasteiger charge is -2.49. The summed E-state index contributed by atoms with van der Waals surface area (Å²) in [5, 5.41) is 1.07. The van der Waals surface area contributed by atoms with E-state index in [4.69, 9.17) is 0 Å². The van der Waals surface area contributed by atoms with Gasteiger partial charge in [0.2, 0.25) is 0 Å². The van der Waals surface area contributed by atoms with Gasteiger partial charge in [0.15, 0.2) is 0 Å². The third-order valence-electron chi connectivity index (χ3n) is 4.97. The lowest BCUT2D eigenvalue weighted by molar-refractivity contribution is 0.00234. The third kappa shape index (κ3) is 2.93. The van der Waals surface area contributed by atoms with E-state index in [1.54, 1.807) is 11.3 Å². The number of amides is 1. The van der Waals surface area contributed by atoms with E-state index in [2.05, 4.69) is 30.7 Å². The van der Waals surface area contributed by atoms with Crippen molar-refractivity contribution in [3.8, 4) is 0 Å². The van der Waals surface area contributed by atoms with E-state index in [0.717, 1.165) is 28.7 Å². The second kappa shape index (κ2) is 6.28. The number of aromatic nitrogens is 1. The van der Waals surface area contributed by atoms with Crippen molar-refractivity contribution in [2.24, 2.45) is 0 Å². The predicted molar refractivity (Wildman–Crippen MR) is 90.7 cm³/mol. The Morgan fingerprint density at radius 3 is 2.64 bits per heavy atom. The Balaban J connectivity index is 1.61. The molecule has 122 valence electrons. The molecular weight excluding hydrogens is 294 g/mol. The number of piperidine rings is 1. The van der Waals surface area contributed by atoms with E-state index >= 15 is 0 Å². The van der Waals surface area contributed by atoms with Gasteiger partial charge in [-0.3, -0.25) is 9.69 Å². The van der Waals surface area contributed by atoms with Crippen molar-refractivity contribution in [3.05, 3.63) is 15.6 Å². The van der Waals surface area contributed by atoms with Crippen LogP contribution < -0.4 is 0 Å². The fourth-order valence-corrected chi connectivity index (χ4v) is 4.54. The second-order valence-corrected chi connectivity index (χ2v) is 8.10. The smallest absolute Gasteiger partial charge is 0.265 e. The molecule has 0 N–H and O–H groups in total. The molecule has 0 spiro atoms. The van der Waals surface area contributed by atoms with E-state index in [1.807, 2.05) is 11.8 Å². The molecule has 22 heavy (non-hydrogen) atoms. The lowest BCUT2D eigenvalue weighted by Crippen LogP contribution is -2.63. The fourth-order valence-electron chi connectivity index (χ4n) is 3.50. The quantitative estimate of drug-likeness (QED) is 0.857. The van der Waals surface area contributed by atoms with Crippen molar-refractivity contribution in [1.29, 1.82) is 0 Å². The zero-order valence-electron chi connectivity index (χ0n) is 14.1. The van der Waals surface area contributed by atoms with Crippen molar-refractivity contribution < 1.29 is 4.79 Å². The molecule has 4 nitrogen and oxygen atoms in total. The van der Waals surface area contributed by atoms with Crippen LogP contribution in [-0.2, 0) is 0 Å². The van der Waals surface area contributed by atoms with Gasteiger partial charge in [-0.2, -0.15) is 0 Å². The molecule has 5 heteroatoms. The topological polar surface area (TPSA) is 36.4 Å². The maximum atomic E-state index is 12.7. The van der Waals surface area contributed by atoms with Crippen LogP contribution in [-0.4, -0.2) is 52.4 Å². The van der Waals surface area contributed by atoms with Crippen LogP contribution >= 0.6 is 11.3 Å². The number of nitrogens with zero attached hydrogens (tertiary/aromatic N) is 3. The summed E-state index contributed by atoms with van der Waals surface area (Å²) in [7, 11) is 0. The number of carbonyl (C=O) groups is 1. The molecule has 1 aromatic heterocycles. The number of rotatable bonds is 3. The monoisotopic (exact) mass is 321 g/mol. The molecule has 2 aliphatic heterocycles. The molecule has 0 aromatic carbocycles. The lowest BCUT2D eigenvalue weighted by atomic mass is 9.97. The van der Waals surface area contributed by atoms with Crippen LogP contribution in [0.2, 0.25) is 0 Å². The van der Waals surface area contributed by atoms with E-state index in [-0.39, 0.29) is 5.91 Å². The van der Waals surface area contributed by atoms with E-state index in [1.165, 1.54) is 25.8 Å². The normalized spacial score (nSPS) is 23.9. The molecule has 0 unspecified atom stereocenters. The molecule has 1 aromatic rings. The van der Waals surface area contributed by atoms with Crippen molar-refractivity contribution in [2.45, 2.75) is 65.0 Å². The van der Waals surface area contributed by atoms with Crippen LogP contribution in [0.3, 0.4) is 0 Å². The Morgan fingerprint density at radius 2 is 2.05 bits per heavy atom. The molecule has 2 saturated heterocycles. The largest absolute Gasteiger partial charge is 0.335 e. The van der Waals surface area contributed by atoms with Crippen LogP contribution in [0.5, 0.6) is 0 Å². The molecule has 0 aliphatic carbocycles. The Kier molecular flexibility index (Phi) is 4.55. The standard InChI is InChI=1S/C17H27N3OS/c1-11(2)16-18-13(4)15(22-16)17(21)19-9-14(10-19)20-8-6-5-7-12(20)3/h11-12,14H,5-10H2,1-4H3/t12-/m1/s1. The Bertz CT molecular complexity index is 548. The Morgan fingerprint density at radius 1 is 1.32 bits per heavy atom. The number of carbonyl (C=O) groups excluding carboxylic acids is 1. The van der Waals surface area contributed by atoms with Crippen LogP contribution in [0.25, 0.3) is 0 Å². The molecule has 3 heterocycles. The van der Waals surface area contributed by atoms with Crippen LogP contribution in [0.1, 0.15) is 66.3 Å². The van der Waals surface area contributed by atoms with Gasteiger partial charge in [0.25, 0.3) is 5.91 Å². The average molecular weight is 321 g/mol. The van der Waals surface area contributed by atoms with Gasteiger partial charge in [-0.05, 0) is 33.2 Å². The highest BCUT2D eigenvalue weighted by atomic mass is 32.1. The highest BCUT2D eigenvalue weighted by Crippen LogP contribution is 2.29. The number of likely N-dealkylation sites (tertiary alicyclic amines) is 2. The maximum absolute atomic E-state index is 12.7. The maximum Gasteiger partial charge on any atom is 0.265 e. The molecule has 1 amide bonds. The van der Waals surface area contributed by atoms with Crippen molar-refractivity contribution in [1.82, 2.24) is 14.8 Å². The van der Waals surface area contributed by atoms with Gasteiger partial charge in [0.1, 0.15) is 4.88 Å². The van der Waals surface area contributed by atoms with Crippen LogP contribution in [0, 0.1) is 6.92 Å². The van der Waals surface area contributed by atoms with Crippen molar-refractivity contribution in [2.75, 3.05) is 19.6 Å². The first-order chi connectivity index (χ1) is 10.5. The zero-order chi connectivity index (χ0) is 15.9. The summed E-state index contributed by atoms with van der Waals surface area (Å²) < 4.78 is 0. The molecule has 0 radical (unpaired) electrons. The number of aryl methyl sites for hydroxylation is 1. The predicted octanol–water partition coefficient (Wildman–Crippen LogP) is 3.27.